The molecule has 2 aromatic rings. The second kappa shape index (κ2) is 36.9. The molecule has 1 unspecified atom stereocenters. The third-order valence-corrected chi connectivity index (χ3v) is 16.9. The number of aromatic nitrogens is 1. The van der Waals surface area contributed by atoms with Gasteiger partial charge in [0.25, 0.3) is 5.91 Å². The van der Waals surface area contributed by atoms with Crippen molar-refractivity contribution in [1.82, 2.24) is 63.5 Å². The summed E-state index contributed by atoms with van der Waals surface area (Å²) in [6.07, 6.45) is -0.241. The lowest BCUT2D eigenvalue weighted by Gasteiger charge is -2.34. The Bertz CT molecular complexity index is 2760. The maximum absolute atomic E-state index is 15.4. The quantitative estimate of drug-likeness (QED) is 0.0109. The highest BCUT2D eigenvalue weighted by molar-refractivity contribution is 14.1. The second-order valence-electron chi connectivity index (χ2n) is 23.5. The number of halogens is 1. The molecule has 89 heavy (non-hydrogen) atoms. The molecule has 1 aromatic heterocycles. The minimum atomic E-state index is -2.02. The first-order chi connectivity index (χ1) is 41.8. The van der Waals surface area contributed by atoms with Gasteiger partial charge in [-0.25, -0.2) is 0 Å². The molecule has 14 atom stereocenters. The number of aliphatic hydroxyl groups is 3. The van der Waals surface area contributed by atoms with Crippen molar-refractivity contribution in [2.45, 2.75) is 182 Å². The van der Waals surface area contributed by atoms with Gasteiger partial charge in [-0.2, -0.15) is 0 Å². The average Bonchev–Trinajstić information content (AvgIpc) is 2.61. The number of nitrogens with one attached hydrogen (secondary N) is 11. The highest BCUT2D eigenvalue weighted by Gasteiger charge is 2.42. The van der Waals surface area contributed by atoms with E-state index in [4.69, 9.17) is 17.2 Å². The normalized spacial score (nSPS) is 24.5. The number of guanidine groups is 1. The van der Waals surface area contributed by atoms with Gasteiger partial charge < -0.3 is 91.0 Å². The number of aliphatic imine (C=N–C) groups is 1. The number of nitrogens with zero attached hydrogens (tertiary/aromatic N) is 2. The van der Waals surface area contributed by atoms with Crippen molar-refractivity contribution in [2.24, 2.45) is 34.0 Å². The number of rotatable bonds is 21. The summed E-state index contributed by atoms with van der Waals surface area (Å²) >= 11 is 1.50. The largest absolute Gasteiger partial charge is 0.394 e. The van der Waals surface area contributed by atoms with E-state index in [-0.39, 0.29) is 56.6 Å². The maximum Gasteiger partial charge on any atom is 0.253 e. The van der Waals surface area contributed by atoms with Crippen molar-refractivity contribution in [3.05, 3.63) is 66.0 Å². The number of pyridine rings is 1. The molecular weight excluding hydrogens is 1290 g/mol. The van der Waals surface area contributed by atoms with Crippen LogP contribution in [0.3, 0.4) is 0 Å². The van der Waals surface area contributed by atoms with Crippen LogP contribution in [0.25, 0.3) is 0 Å². The van der Waals surface area contributed by atoms with Crippen LogP contribution in [0.15, 0.2) is 59.9 Å². The number of aliphatic hydroxyl groups excluding tert-OH is 3. The second-order valence-corrected chi connectivity index (χ2v) is 30.2. The topological polar surface area (TPSA) is 484 Å². The van der Waals surface area contributed by atoms with Crippen LogP contribution in [0, 0.1) is 11.8 Å². The van der Waals surface area contributed by atoms with E-state index in [0.29, 0.717) is 11.6 Å². The summed E-state index contributed by atoms with van der Waals surface area (Å²) in [6, 6.07) is -5.04. The molecule has 2 heterocycles. The zero-order valence-corrected chi connectivity index (χ0v) is 54.9. The van der Waals surface area contributed by atoms with Crippen LogP contribution in [0.5, 0.6) is 0 Å². The zero-order valence-electron chi connectivity index (χ0n) is 51.8. The predicted molar refractivity (Wildman–Crippen MR) is 340 cm³/mol. The lowest BCUT2D eigenvalue weighted by molar-refractivity contribution is -0.139. The lowest BCUT2D eigenvalue weighted by Crippen LogP contribution is -2.65. The van der Waals surface area contributed by atoms with Crippen LogP contribution in [0.4, 0.5) is 0 Å². The zero-order chi connectivity index (χ0) is 66.9. The Morgan fingerprint density at radius 1 is 0.719 bits per heavy atom. The van der Waals surface area contributed by atoms with Gasteiger partial charge in [0.15, 0.2) is 10.0 Å². The smallest absolute Gasteiger partial charge is 0.253 e. The summed E-state index contributed by atoms with van der Waals surface area (Å²) in [5.41, 5.74) is 18.1. The molecule has 0 bridgehead atoms. The molecule has 30 nitrogen and oxygen atoms in total. The van der Waals surface area contributed by atoms with E-state index >= 15 is 9.59 Å². The molecule has 0 spiro atoms. The number of hydrogen-bond acceptors (Lipinski definition) is 17. The Hall–Kier alpha value is -7.40. The molecule has 0 saturated carbocycles. The Balaban J connectivity index is 2.35. The number of amides is 11. The van der Waals surface area contributed by atoms with Gasteiger partial charge in [0.1, 0.15) is 48.3 Å². The Morgan fingerprint density at radius 3 is 1.88 bits per heavy atom. The van der Waals surface area contributed by atoms with Gasteiger partial charge in [-0.3, -0.25) is 62.7 Å². The van der Waals surface area contributed by atoms with Gasteiger partial charge in [-0.1, -0.05) is 103 Å². The van der Waals surface area contributed by atoms with Crippen LogP contribution in [0.1, 0.15) is 90.8 Å². The van der Waals surface area contributed by atoms with Crippen molar-refractivity contribution in [3.63, 3.8) is 0 Å². The van der Waals surface area contributed by atoms with Gasteiger partial charge in [0.05, 0.1) is 37.4 Å². The fourth-order valence-corrected chi connectivity index (χ4v) is 11.2. The average molecular weight is 1380 g/mol. The monoisotopic (exact) mass is 1380 g/mol. The van der Waals surface area contributed by atoms with Crippen LogP contribution < -0.4 is 75.7 Å². The van der Waals surface area contributed by atoms with Crippen molar-refractivity contribution in [3.8, 4) is 0 Å². The molecule has 1 aliphatic rings. The van der Waals surface area contributed by atoms with Gasteiger partial charge in [0.2, 0.25) is 59.1 Å². The summed E-state index contributed by atoms with van der Waals surface area (Å²) in [6.45, 7) is 13.3. The van der Waals surface area contributed by atoms with Gasteiger partial charge in [-0.05, 0) is 83.9 Å². The Labute approximate surface area is 532 Å². The molecule has 1 fully saturated rings. The molecule has 3 rings (SSSR count). The molecule has 1 saturated heterocycles. The highest BCUT2D eigenvalue weighted by Crippen LogP contribution is 2.21. The highest BCUT2D eigenvalue weighted by atomic mass is 127. The van der Waals surface area contributed by atoms with Gasteiger partial charge in [0, 0.05) is 33.4 Å². The lowest BCUT2D eigenvalue weighted by atomic mass is 9.94. The van der Waals surface area contributed by atoms with Crippen molar-refractivity contribution in [1.29, 1.82) is 0 Å². The number of carbonyl (C=O) groups is 11. The van der Waals surface area contributed by atoms with Crippen LogP contribution in [-0.2, 0) is 59.2 Å². The van der Waals surface area contributed by atoms with Crippen LogP contribution >= 0.6 is 22.6 Å². The molecule has 1 aliphatic heterocycles. The van der Waals surface area contributed by atoms with E-state index < -0.39 is 175 Å². The summed E-state index contributed by atoms with van der Waals surface area (Å²) in [4.78, 5) is 165. The molecule has 0 aliphatic carbocycles. The molecule has 32 heteroatoms. The minimum absolute atomic E-state index is 0.0132. The van der Waals surface area contributed by atoms with E-state index in [0.717, 1.165) is 0 Å². The fourth-order valence-electron chi connectivity index (χ4n) is 9.20. The van der Waals surface area contributed by atoms with E-state index in [9.17, 15) is 58.5 Å². The standard InChI is InChI=1S/C57H91IN16O14Si/c1-10-17-35-48(80)65-36(21-16-23-63-57(60)61)49(81)70-40(30(5)11-2)53(85)71-41(31(6)76)52(84)64-26-39(77)69-46(58)56(88)68-38(27-75)51(83)72-42(33-19-13-12-14-20-33)43(54(86)74-44(55(87)66-35)45(78)29(3)4)73-50(82)37(24-32-18-15-22-62-25-32)67-47(79)34(59)28-89(7,8)9/h12-15,18-20,22,25,29-31,34-38,40-46,75-76,78H,10-11,16-17,21,23-24,26-28,59H2,1-9H3,(H,64,84)(H,65,80)(H,66,87)(H,67,79)(H,68,88)(H,69,77)(H,70,81)(H,71,85)(H,72,83)(H,73,82)(H,74,86)(H4,60,61,63)/t30-,31-,34+,35-,36+,37-,38?,40-,41-,42+,43-,44-,45+,46+/m0/s1. The molecule has 494 valence electrons. The first kappa shape index (κ1) is 75.8. The Morgan fingerprint density at radius 2 is 1.30 bits per heavy atom. The van der Waals surface area contributed by atoms with E-state index in [2.05, 4.69) is 68.5 Å². The fraction of sp³-hybridized carbons (Fsp3) is 0.596. The first-order valence-corrected chi connectivity index (χ1v) is 34.4. The SMILES string of the molecule is CCC[C@@H]1NC(=O)[C@H]([C@H](O)C(C)C)NC(=O)[C@@H](NC(=O)[C@H](Cc2cccnc2)NC(=O)[C@H](N)C[Si](C)(C)C)[C@@H](c2ccccc2)NC(=O)C(CO)NC(=O)[C@H](I)NC(=O)CNC(=O)[C@H]([C@H](C)O)NC(=O)[C@H]([C@@H](C)CC)NC(=O)[C@@H](CCCN=C(N)N)NC1=O. The summed E-state index contributed by atoms with van der Waals surface area (Å²) in [7, 11) is -1.98. The van der Waals surface area contributed by atoms with Crippen LogP contribution in [0.2, 0.25) is 25.7 Å². The number of benzene rings is 1. The number of hydrogen-bond donors (Lipinski definition) is 17. The number of carbonyl (C=O) groups excluding carboxylic acids is 11. The van der Waals surface area contributed by atoms with E-state index in [1.165, 1.54) is 80.0 Å². The molecular formula is C57H91IN16O14Si. The number of alkyl halides is 1. The third kappa shape index (κ3) is 25.2. The summed E-state index contributed by atoms with van der Waals surface area (Å²) in [5.74, 6) is -12.8. The molecule has 1 aromatic carbocycles. The Kier molecular flexibility index (Phi) is 31.5. The molecule has 11 amide bonds. The summed E-state index contributed by atoms with van der Waals surface area (Å²) < 4.78 is -1.50. The van der Waals surface area contributed by atoms with Crippen molar-refractivity contribution < 1.29 is 68.1 Å². The third-order valence-electron chi connectivity index (χ3n) is 14.3. The van der Waals surface area contributed by atoms with Crippen LogP contribution in [-0.4, -0.2) is 190 Å². The molecule has 0 radical (unpaired) electrons. The van der Waals surface area contributed by atoms with Crippen molar-refractivity contribution >= 4 is 102 Å². The van der Waals surface area contributed by atoms with E-state index in [1.54, 1.807) is 39.0 Å². The van der Waals surface area contributed by atoms with Crippen molar-refractivity contribution in [2.75, 3.05) is 19.7 Å². The predicted octanol–water partition coefficient (Wildman–Crippen LogP) is -3.68. The molecule has 20 N–H and O–H groups in total. The summed E-state index contributed by atoms with van der Waals surface area (Å²) in [5, 5.41) is 61.0. The first-order valence-electron chi connectivity index (χ1n) is 29.5. The maximum atomic E-state index is 15.4. The van der Waals surface area contributed by atoms with Gasteiger partial charge >= 0.3 is 0 Å². The van der Waals surface area contributed by atoms with E-state index in [1.807, 2.05) is 19.6 Å². The van der Waals surface area contributed by atoms with Gasteiger partial charge in [-0.15, -0.1) is 0 Å². The minimum Gasteiger partial charge on any atom is -0.394 e. The number of nitrogens with two attached hydrogens (primary N) is 3.